The molecule has 0 radical (unpaired) electrons. The fourth-order valence-corrected chi connectivity index (χ4v) is 2.13. The number of benzene rings is 1. The Kier molecular flexibility index (Phi) is 5.10. The Labute approximate surface area is 121 Å². The van der Waals surface area contributed by atoms with Gasteiger partial charge in [-0.2, -0.15) is 0 Å². The van der Waals surface area contributed by atoms with E-state index in [1.54, 1.807) is 12.1 Å². The van der Waals surface area contributed by atoms with Crippen molar-refractivity contribution in [2.75, 3.05) is 19.8 Å². The van der Waals surface area contributed by atoms with Gasteiger partial charge in [0.15, 0.2) is 0 Å². The number of halogens is 1. The van der Waals surface area contributed by atoms with E-state index in [9.17, 15) is 14.0 Å². The zero-order chi connectivity index (χ0) is 15.2. The van der Waals surface area contributed by atoms with Crippen molar-refractivity contribution < 1.29 is 23.8 Å². The first-order valence-corrected chi connectivity index (χ1v) is 6.65. The molecule has 0 aliphatic carbocycles. The van der Waals surface area contributed by atoms with Crippen molar-refractivity contribution in [1.29, 1.82) is 0 Å². The molecule has 6 nitrogen and oxygen atoms in total. The number of urea groups is 1. The van der Waals surface area contributed by atoms with Crippen LogP contribution in [0.1, 0.15) is 5.56 Å². The minimum atomic E-state index is -0.982. The predicted octanol–water partition coefficient (Wildman–Crippen LogP) is 0.767. The lowest BCUT2D eigenvalue weighted by molar-refractivity contribution is -0.142. The molecule has 1 aliphatic rings. The third kappa shape index (κ3) is 4.42. The third-order valence-electron chi connectivity index (χ3n) is 3.33. The Morgan fingerprint density at radius 3 is 2.67 bits per heavy atom. The Hall–Kier alpha value is -2.15. The van der Waals surface area contributed by atoms with E-state index >= 15 is 0 Å². The van der Waals surface area contributed by atoms with Crippen LogP contribution in [0.5, 0.6) is 0 Å². The molecule has 1 fully saturated rings. The van der Waals surface area contributed by atoms with E-state index in [0.29, 0.717) is 13.0 Å². The van der Waals surface area contributed by atoms with Gasteiger partial charge in [-0.3, -0.25) is 4.79 Å². The molecule has 0 spiro atoms. The molecule has 1 saturated heterocycles. The van der Waals surface area contributed by atoms with E-state index in [2.05, 4.69) is 10.6 Å². The van der Waals surface area contributed by atoms with Gasteiger partial charge in [0.2, 0.25) is 0 Å². The summed E-state index contributed by atoms with van der Waals surface area (Å²) in [5.41, 5.74) is 0.907. The minimum absolute atomic E-state index is 0.107. The monoisotopic (exact) mass is 296 g/mol. The molecule has 3 N–H and O–H groups in total. The number of carboxylic acids is 1. The van der Waals surface area contributed by atoms with Gasteiger partial charge in [0.1, 0.15) is 11.7 Å². The lowest BCUT2D eigenvalue weighted by atomic mass is 10.0. The number of hydrogen-bond acceptors (Lipinski definition) is 3. The Bertz CT molecular complexity index is 506. The molecule has 0 saturated carbocycles. The van der Waals surface area contributed by atoms with Crippen LogP contribution in [0, 0.1) is 11.7 Å². The van der Waals surface area contributed by atoms with E-state index in [4.69, 9.17) is 9.84 Å². The van der Waals surface area contributed by atoms with E-state index in [-0.39, 0.29) is 19.0 Å². The van der Waals surface area contributed by atoms with Crippen LogP contribution in [-0.2, 0) is 16.0 Å². The molecule has 7 heteroatoms. The molecule has 114 valence electrons. The van der Waals surface area contributed by atoms with Crippen LogP contribution in [0.3, 0.4) is 0 Å². The first kappa shape index (κ1) is 15.2. The Balaban J connectivity index is 1.72. The molecule has 1 aromatic rings. The quantitative estimate of drug-likeness (QED) is 0.749. The second-order valence-electron chi connectivity index (χ2n) is 4.87. The van der Waals surface area contributed by atoms with Gasteiger partial charge in [0.05, 0.1) is 19.3 Å². The number of carbonyl (C=O) groups excluding carboxylic acids is 1. The number of rotatable bonds is 5. The average molecular weight is 296 g/mol. The standard InChI is InChI=1S/C14H17FN2O4/c15-10-3-1-9(2-4-10)5-6-16-14(20)17-12-8-21-7-11(12)13(18)19/h1-4,11-12H,5-8H2,(H,18,19)(H2,16,17,20). The first-order chi connectivity index (χ1) is 10.1. The fourth-order valence-electron chi connectivity index (χ4n) is 2.13. The van der Waals surface area contributed by atoms with E-state index < -0.39 is 24.0 Å². The van der Waals surface area contributed by atoms with Gasteiger partial charge in [-0.15, -0.1) is 0 Å². The molecule has 2 unspecified atom stereocenters. The van der Waals surface area contributed by atoms with Crippen LogP contribution in [0.4, 0.5) is 9.18 Å². The normalized spacial score (nSPS) is 21.0. The lowest BCUT2D eigenvalue weighted by Crippen LogP contribution is -2.47. The molecule has 2 rings (SSSR count). The van der Waals surface area contributed by atoms with Gasteiger partial charge in [-0.05, 0) is 24.1 Å². The lowest BCUT2D eigenvalue weighted by Gasteiger charge is -2.16. The highest BCUT2D eigenvalue weighted by molar-refractivity contribution is 5.77. The molecule has 1 aromatic carbocycles. The van der Waals surface area contributed by atoms with Gasteiger partial charge in [0.25, 0.3) is 0 Å². The van der Waals surface area contributed by atoms with Crippen LogP contribution in [-0.4, -0.2) is 42.9 Å². The van der Waals surface area contributed by atoms with Crippen molar-refractivity contribution in [3.05, 3.63) is 35.6 Å². The number of carbonyl (C=O) groups is 2. The van der Waals surface area contributed by atoms with E-state index in [0.717, 1.165) is 5.56 Å². The van der Waals surface area contributed by atoms with Crippen LogP contribution in [0.25, 0.3) is 0 Å². The van der Waals surface area contributed by atoms with Crippen molar-refractivity contribution in [3.63, 3.8) is 0 Å². The van der Waals surface area contributed by atoms with Crippen LogP contribution >= 0.6 is 0 Å². The number of hydrogen-bond donors (Lipinski definition) is 3. The first-order valence-electron chi connectivity index (χ1n) is 6.65. The number of carboxylic acid groups (broad SMARTS) is 1. The maximum absolute atomic E-state index is 12.7. The summed E-state index contributed by atoms with van der Waals surface area (Å²) in [6, 6.07) is 5.08. The molecular weight excluding hydrogens is 279 g/mol. The molecule has 21 heavy (non-hydrogen) atoms. The summed E-state index contributed by atoms with van der Waals surface area (Å²) in [7, 11) is 0. The summed E-state index contributed by atoms with van der Waals surface area (Å²) in [4.78, 5) is 22.6. The van der Waals surface area contributed by atoms with Crippen molar-refractivity contribution in [3.8, 4) is 0 Å². The summed E-state index contributed by atoms with van der Waals surface area (Å²) < 4.78 is 17.8. The highest BCUT2D eigenvalue weighted by atomic mass is 19.1. The smallest absolute Gasteiger partial charge is 0.315 e. The zero-order valence-electron chi connectivity index (χ0n) is 11.3. The van der Waals surface area contributed by atoms with Crippen molar-refractivity contribution >= 4 is 12.0 Å². The molecule has 2 atom stereocenters. The fraction of sp³-hybridized carbons (Fsp3) is 0.429. The van der Waals surface area contributed by atoms with E-state index in [1.807, 2.05) is 0 Å². The molecular formula is C14H17FN2O4. The highest BCUT2D eigenvalue weighted by Crippen LogP contribution is 2.13. The van der Waals surface area contributed by atoms with Crippen LogP contribution < -0.4 is 10.6 Å². The van der Waals surface area contributed by atoms with Crippen LogP contribution in [0.2, 0.25) is 0 Å². The topological polar surface area (TPSA) is 87.7 Å². The molecule has 0 aromatic heterocycles. The zero-order valence-corrected chi connectivity index (χ0v) is 11.3. The molecule has 2 amide bonds. The van der Waals surface area contributed by atoms with Crippen molar-refractivity contribution in [1.82, 2.24) is 10.6 Å². The predicted molar refractivity (Wildman–Crippen MR) is 72.4 cm³/mol. The van der Waals surface area contributed by atoms with Crippen molar-refractivity contribution in [2.24, 2.45) is 5.92 Å². The van der Waals surface area contributed by atoms with Crippen LogP contribution in [0.15, 0.2) is 24.3 Å². The highest BCUT2D eigenvalue weighted by Gasteiger charge is 2.34. The summed E-state index contributed by atoms with van der Waals surface area (Å²) >= 11 is 0. The van der Waals surface area contributed by atoms with Gasteiger partial charge in [0, 0.05) is 6.54 Å². The van der Waals surface area contributed by atoms with Gasteiger partial charge in [-0.1, -0.05) is 12.1 Å². The SMILES string of the molecule is O=C(NCCc1ccc(F)cc1)NC1COCC1C(=O)O. The summed E-state index contributed by atoms with van der Waals surface area (Å²) in [5.74, 6) is -2.00. The Morgan fingerprint density at radius 1 is 1.29 bits per heavy atom. The maximum Gasteiger partial charge on any atom is 0.315 e. The second-order valence-corrected chi connectivity index (χ2v) is 4.87. The number of aliphatic carboxylic acids is 1. The maximum atomic E-state index is 12.7. The average Bonchev–Trinajstić information content (AvgIpc) is 2.89. The van der Waals surface area contributed by atoms with Gasteiger partial charge >= 0.3 is 12.0 Å². The number of ether oxygens (including phenoxy) is 1. The summed E-state index contributed by atoms with van der Waals surface area (Å²) in [6.07, 6.45) is 0.567. The van der Waals surface area contributed by atoms with E-state index in [1.165, 1.54) is 12.1 Å². The Morgan fingerprint density at radius 2 is 2.00 bits per heavy atom. The minimum Gasteiger partial charge on any atom is -0.481 e. The summed E-state index contributed by atoms with van der Waals surface area (Å²) in [6.45, 7) is 0.682. The molecule has 1 aliphatic heterocycles. The molecule has 1 heterocycles. The van der Waals surface area contributed by atoms with Gasteiger partial charge < -0.3 is 20.5 Å². The van der Waals surface area contributed by atoms with Crippen molar-refractivity contribution in [2.45, 2.75) is 12.5 Å². The number of amides is 2. The second kappa shape index (κ2) is 7.03. The number of nitrogens with one attached hydrogen (secondary N) is 2. The molecule has 0 bridgehead atoms. The summed E-state index contributed by atoms with van der Waals surface area (Å²) in [5, 5.41) is 14.2. The largest absolute Gasteiger partial charge is 0.481 e. The third-order valence-corrected chi connectivity index (χ3v) is 3.33. The van der Waals surface area contributed by atoms with Gasteiger partial charge in [-0.25, -0.2) is 9.18 Å².